The number of carbonyl (C=O) groups excluding carboxylic acids is 1. The highest BCUT2D eigenvalue weighted by Crippen LogP contribution is 2.26. The maximum atomic E-state index is 12.7. The summed E-state index contributed by atoms with van der Waals surface area (Å²) in [6.07, 6.45) is 2.48. The maximum absolute atomic E-state index is 12.7. The van der Waals surface area contributed by atoms with Crippen LogP contribution in [0.25, 0.3) is 0 Å². The van der Waals surface area contributed by atoms with E-state index in [2.05, 4.69) is 41.4 Å². The van der Waals surface area contributed by atoms with E-state index in [0.717, 1.165) is 24.6 Å². The normalized spacial score (nSPS) is 16.9. The standard InChI is InChI=1S/C24H31ClN2O2/c1-4-22(29-23-8-6-5-7-21(23)25)24(28)26-18(3)19-9-11-20(12-10-19)27-15-13-17(2)14-16-27/h5-12,17-18,22H,4,13-16H2,1-3H3,(H,26,28)/t18-,22-/m1/s1. The first-order valence-corrected chi connectivity index (χ1v) is 10.9. The second-order valence-corrected chi connectivity index (χ2v) is 8.34. The number of nitrogens with zero attached hydrogens (tertiary/aromatic N) is 1. The summed E-state index contributed by atoms with van der Waals surface area (Å²) >= 11 is 6.16. The molecule has 5 heteroatoms. The van der Waals surface area contributed by atoms with Crippen molar-refractivity contribution in [2.24, 2.45) is 5.92 Å². The smallest absolute Gasteiger partial charge is 0.261 e. The summed E-state index contributed by atoms with van der Waals surface area (Å²) in [7, 11) is 0. The molecule has 2 atom stereocenters. The molecule has 0 bridgehead atoms. The molecule has 0 aromatic heterocycles. The predicted octanol–water partition coefficient (Wildman–Crippen LogP) is 5.61. The molecular weight excluding hydrogens is 384 g/mol. The first-order valence-electron chi connectivity index (χ1n) is 10.5. The Hall–Kier alpha value is -2.20. The third-order valence-electron chi connectivity index (χ3n) is 5.67. The van der Waals surface area contributed by atoms with Gasteiger partial charge in [-0.3, -0.25) is 4.79 Å². The van der Waals surface area contributed by atoms with Crippen molar-refractivity contribution in [3.8, 4) is 5.75 Å². The van der Waals surface area contributed by atoms with Crippen LogP contribution in [0.1, 0.15) is 51.6 Å². The zero-order valence-corrected chi connectivity index (χ0v) is 18.3. The largest absolute Gasteiger partial charge is 0.479 e. The number of anilines is 1. The van der Waals surface area contributed by atoms with Gasteiger partial charge < -0.3 is 15.0 Å². The lowest BCUT2D eigenvalue weighted by molar-refractivity contribution is -0.128. The molecule has 156 valence electrons. The van der Waals surface area contributed by atoms with Crippen LogP contribution in [-0.4, -0.2) is 25.1 Å². The molecule has 0 aliphatic carbocycles. The summed E-state index contributed by atoms with van der Waals surface area (Å²) in [4.78, 5) is 15.2. The summed E-state index contributed by atoms with van der Waals surface area (Å²) in [5.74, 6) is 1.22. The second-order valence-electron chi connectivity index (χ2n) is 7.94. The second kappa shape index (κ2) is 10.0. The van der Waals surface area contributed by atoms with E-state index in [0.29, 0.717) is 17.2 Å². The molecule has 1 amide bonds. The van der Waals surface area contributed by atoms with Crippen LogP contribution in [-0.2, 0) is 4.79 Å². The lowest BCUT2D eigenvalue weighted by Crippen LogP contribution is -2.39. The van der Waals surface area contributed by atoms with Crippen molar-refractivity contribution >= 4 is 23.2 Å². The molecule has 1 N–H and O–H groups in total. The van der Waals surface area contributed by atoms with Crippen molar-refractivity contribution in [2.45, 2.75) is 52.2 Å². The van der Waals surface area contributed by atoms with Crippen LogP contribution >= 0.6 is 11.6 Å². The van der Waals surface area contributed by atoms with Crippen molar-refractivity contribution < 1.29 is 9.53 Å². The molecule has 0 unspecified atom stereocenters. The first-order chi connectivity index (χ1) is 14.0. The van der Waals surface area contributed by atoms with E-state index in [9.17, 15) is 4.79 Å². The molecular formula is C24H31ClN2O2. The molecule has 3 rings (SSSR count). The van der Waals surface area contributed by atoms with E-state index < -0.39 is 6.10 Å². The molecule has 1 saturated heterocycles. The van der Waals surface area contributed by atoms with Gasteiger partial charge in [-0.25, -0.2) is 0 Å². The number of hydrogen-bond donors (Lipinski definition) is 1. The van der Waals surface area contributed by atoms with Gasteiger partial charge in [0, 0.05) is 18.8 Å². The molecule has 1 fully saturated rings. The zero-order chi connectivity index (χ0) is 20.8. The quantitative estimate of drug-likeness (QED) is 0.640. The van der Waals surface area contributed by atoms with E-state index in [1.54, 1.807) is 12.1 Å². The lowest BCUT2D eigenvalue weighted by atomic mass is 9.98. The fourth-order valence-corrected chi connectivity index (χ4v) is 3.83. The summed E-state index contributed by atoms with van der Waals surface area (Å²) in [6, 6.07) is 15.7. The molecule has 1 aliphatic heterocycles. The fraction of sp³-hybridized carbons (Fsp3) is 0.458. The lowest BCUT2D eigenvalue weighted by Gasteiger charge is -2.32. The van der Waals surface area contributed by atoms with E-state index in [1.807, 2.05) is 26.0 Å². The average molecular weight is 415 g/mol. The van der Waals surface area contributed by atoms with Gasteiger partial charge >= 0.3 is 0 Å². The SMILES string of the molecule is CC[C@@H](Oc1ccccc1Cl)C(=O)N[C@H](C)c1ccc(N2CCC(C)CC2)cc1. The van der Waals surface area contributed by atoms with Crippen molar-refractivity contribution in [3.05, 3.63) is 59.1 Å². The van der Waals surface area contributed by atoms with Crippen LogP contribution in [0.4, 0.5) is 5.69 Å². The van der Waals surface area contributed by atoms with Crippen LogP contribution in [0.15, 0.2) is 48.5 Å². The van der Waals surface area contributed by atoms with Crippen LogP contribution in [0.3, 0.4) is 0 Å². The number of halogens is 1. The van der Waals surface area contributed by atoms with E-state index >= 15 is 0 Å². The Morgan fingerprint density at radius 2 is 1.83 bits per heavy atom. The minimum absolute atomic E-state index is 0.0955. The molecule has 0 radical (unpaired) electrons. The van der Waals surface area contributed by atoms with Gasteiger partial charge in [0.15, 0.2) is 6.10 Å². The molecule has 0 spiro atoms. The maximum Gasteiger partial charge on any atom is 0.261 e. The topological polar surface area (TPSA) is 41.6 Å². The van der Waals surface area contributed by atoms with Gasteiger partial charge in [0.25, 0.3) is 5.91 Å². The highest BCUT2D eigenvalue weighted by atomic mass is 35.5. The van der Waals surface area contributed by atoms with Gasteiger partial charge in [-0.2, -0.15) is 0 Å². The number of benzene rings is 2. The fourth-order valence-electron chi connectivity index (χ4n) is 3.65. The highest BCUT2D eigenvalue weighted by Gasteiger charge is 2.22. The van der Waals surface area contributed by atoms with Crippen LogP contribution in [0, 0.1) is 5.92 Å². The molecule has 1 aliphatic rings. The number of hydrogen-bond acceptors (Lipinski definition) is 3. The van der Waals surface area contributed by atoms with Crippen LogP contribution < -0.4 is 15.0 Å². The summed E-state index contributed by atoms with van der Waals surface area (Å²) in [5, 5.41) is 3.58. The third-order valence-corrected chi connectivity index (χ3v) is 5.98. The monoisotopic (exact) mass is 414 g/mol. The number of rotatable bonds is 7. The minimum Gasteiger partial charge on any atom is -0.479 e. The Labute approximate surface area is 179 Å². The molecule has 1 heterocycles. The highest BCUT2D eigenvalue weighted by molar-refractivity contribution is 6.32. The van der Waals surface area contributed by atoms with Crippen molar-refractivity contribution in [1.82, 2.24) is 5.32 Å². The van der Waals surface area contributed by atoms with Gasteiger partial charge in [0.1, 0.15) is 5.75 Å². The number of carbonyl (C=O) groups is 1. The Bertz CT molecular complexity index is 801. The Kier molecular flexibility index (Phi) is 7.43. The third kappa shape index (κ3) is 5.66. The van der Waals surface area contributed by atoms with E-state index in [1.165, 1.54) is 18.5 Å². The number of amides is 1. The molecule has 4 nitrogen and oxygen atoms in total. The number of para-hydroxylation sites is 1. The van der Waals surface area contributed by atoms with Crippen molar-refractivity contribution in [3.63, 3.8) is 0 Å². The molecule has 2 aromatic rings. The van der Waals surface area contributed by atoms with Gasteiger partial charge in [-0.15, -0.1) is 0 Å². The summed E-state index contributed by atoms with van der Waals surface area (Å²) in [5.41, 5.74) is 2.34. The van der Waals surface area contributed by atoms with E-state index in [-0.39, 0.29) is 11.9 Å². The molecule has 0 saturated carbocycles. The first kappa shape index (κ1) is 21.5. The van der Waals surface area contributed by atoms with Crippen LogP contribution in [0.5, 0.6) is 5.75 Å². The van der Waals surface area contributed by atoms with Gasteiger partial charge in [0.2, 0.25) is 0 Å². The molecule has 29 heavy (non-hydrogen) atoms. The van der Waals surface area contributed by atoms with Crippen molar-refractivity contribution in [1.29, 1.82) is 0 Å². The van der Waals surface area contributed by atoms with Crippen LogP contribution in [0.2, 0.25) is 5.02 Å². The zero-order valence-electron chi connectivity index (χ0n) is 17.5. The number of ether oxygens (including phenoxy) is 1. The number of nitrogens with one attached hydrogen (secondary N) is 1. The summed E-state index contributed by atoms with van der Waals surface area (Å²) in [6.45, 7) is 8.48. The van der Waals surface area contributed by atoms with Gasteiger partial charge in [-0.05, 0) is 61.9 Å². The Morgan fingerprint density at radius 3 is 2.45 bits per heavy atom. The summed E-state index contributed by atoms with van der Waals surface area (Å²) < 4.78 is 5.85. The average Bonchev–Trinajstić information content (AvgIpc) is 2.73. The van der Waals surface area contributed by atoms with E-state index in [4.69, 9.17) is 16.3 Å². The van der Waals surface area contributed by atoms with Crippen molar-refractivity contribution in [2.75, 3.05) is 18.0 Å². The Morgan fingerprint density at radius 1 is 1.17 bits per heavy atom. The predicted molar refractivity (Wildman–Crippen MR) is 120 cm³/mol. The molecule has 2 aromatic carbocycles. The van der Waals surface area contributed by atoms with Gasteiger partial charge in [0.05, 0.1) is 11.1 Å². The van der Waals surface area contributed by atoms with Gasteiger partial charge in [-0.1, -0.05) is 49.7 Å². The Balaban J connectivity index is 1.59. The minimum atomic E-state index is -0.577. The number of piperidine rings is 1.